The largest absolute Gasteiger partial charge is 0.347 e. The maximum atomic E-state index is 12.9. The number of anilines is 1. The average molecular weight is 349 g/mol. The summed E-state index contributed by atoms with van der Waals surface area (Å²) in [5, 5.41) is 5.41. The van der Waals surface area contributed by atoms with Gasteiger partial charge in [-0.25, -0.2) is 4.39 Å². The van der Waals surface area contributed by atoms with E-state index in [2.05, 4.69) is 15.6 Å². The first kappa shape index (κ1) is 17.3. The third-order valence-electron chi connectivity index (χ3n) is 3.65. The van der Waals surface area contributed by atoms with Crippen LogP contribution in [0.3, 0.4) is 0 Å². The molecule has 0 atom stereocenters. The third kappa shape index (κ3) is 4.51. The Morgan fingerprint density at radius 3 is 2.38 bits per heavy atom. The maximum absolute atomic E-state index is 12.9. The Balaban J connectivity index is 1.66. The lowest BCUT2D eigenvalue weighted by atomic mass is 10.2. The molecule has 5 nitrogen and oxygen atoms in total. The summed E-state index contributed by atoms with van der Waals surface area (Å²) >= 11 is 0. The summed E-state index contributed by atoms with van der Waals surface area (Å²) in [5.74, 6) is -1.16. The number of rotatable bonds is 5. The van der Waals surface area contributed by atoms with Gasteiger partial charge < -0.3 is 10.6 Å². The van der Waals surface area contributed by atoms with Crippen LogP contribution < -0.4 is 10.6 Å². The van der Waals surface area contributed by atoms with Gasteiger partial charge in [0, 0.05) is 24.0 Å². The summed E-state index contributed by atoms with van der Waals surface area (Å²) in [7, 11) is 0. The van der Waals surface area contributed by atoms with Gasteiger partial charge in [0.25, 0.3) is 11.8 Å². The number of carbonyl (C=O) groups is 2. The highest BCUT2D eigenvalue weighted by molar-refractivity contribution is 6.05. The van der Waals surface area contributed by atoms with Crippen LogP contribution in [-0.4, -0.2) is 16.8 Å². The minimum atomic E-state index is -0.406. The number of nitrogens with zero attached hydrogens (tertiary/aromatic N) is 1. The first-order chi connectivity index (χ1) is 12.6. The molecule has 1 aromatic heterocycles. The van der Waals surface area contributed by atoms with Crippen molar-refractivity contribution in [1.29, 1.82) is 0 Å². The van der Waals surface area contributed by atoms with Crippen molar-refractivity contribution < 1.29 is 14.0 Å². The van der Waals surface area contributed by atoms with Crippen molar-refractivity contribution in [3.05, 3.63) is 95.6 Å². The molecule has 0 spiro atoms. The van der Waals surface area contributed by atoms with Crippen molar-refractivity contribution in [2.24, 2.45) is 0 Å². The van der Waals surface area contributed by atoms with Crippen LogP contribution in [0.1, 0.15) is 26.4 Å². The molecule has 26 heavy (non-hydrogen) atoms. The van der Waals surface area contributed by atoms with E-state index in [1.54, 1.807) is 0 Å². The first-order valence-corrected chi connectivity index (χ1v) is 7.97. The van der Waals surface area contributed by atoms with Gasteiger partial charge in [0.2, 0.25) is 0 Å². The molecule has 0 aliphatic carbocycles. The van der Waals surface area contributed by atoms with E-state index in [-0.39, 0.29) is 23.0 Å². The number of amides is 2. The zero-order chi connectivity index (χ0) is 18.4. The minimum Gasteiger partial charge on any atom is -0.347 e. The van der Waals surface area contributed by atoms with Gasteiger partial charge in [0.1, 0.15) is 11.5 Å². The number of hydrogen-bond acceptors (Lipinski definition) is 3. The highest BCUT2D eigenvalue weighted by Crippen LogP contribution is 2.11. The summed E-state index contributed by atoms with van der Waals surface area (Å²) in [6, 6.07) is 17.8. The number of carbonyl (C=O) groups excluding carboxylic acids is 2. The Morgan fingerprint density at radius 1 is 0.923 bits per heavy atom. The molecule has 2 N–H and O–H groups in total. The zero-order valence-corrected chi connectivity index (χ0v) is 13.8. The fourth-order valence-corrected chi connectivity index (χ4v) is 2.30. The average Bonchev–Trinajstić information content (AvgIpc) is 2.69. The Hall–Kier alpha value is -3.54. The van der Waals surface area contributed by atoms with Gasteiger partial charge in [-0.1, -0.05) is 30.3 Å². The standard InChI is InChI=1S/C20H16FN3O2/c21-16-6-8-17(9-7-16)24-19(25)15-10-11-22-18(12-15)20(26)23-13-14-4-2-1-3-5-14/h1-12H,13H2,(H,23,26)(H,24,25). The topological polar surface area (TPSA) is 71.1 Å². The quantitative estimate of drug-likeness (QED) is 0.742. The number of aromatic nitrogens is 1. The molecule has 0 saturated heterocycles. The van der Waals surface area contributed by atoms with Gasteiger partial charge in [0.05, 0.1) is 0 Å². The molecule has 3 aromatic rings. The molecule has 0 fully saturated rings. The predicted molar refractivity (Wildman–Crippen MR) is 96.2 cm³/mol. The van der Waals surface area contributed by atoms with Crippen molar-refractivity contribution in [2.45, 2.75) is 6.54 Å². The number of hydrogen-bond donors (Lipinski definition) is 2. The fraction of sp³-hybridized carbons (Fsp3) is 0.0500. The van der Waals surface area contributed by atoms with E-state index in [1.165, 1.54) is 42.6 Å². The van der Waals surface area contributed by atoms with E-state index in [9.17, 15) is 14.0 Å². The predicted octanol–water partition coefficient (Wildman–Crippen LogP) is 3.40. The molecule has 1 heterocycles. The Morgan fingerprint density at radius 2 is 1.65 bits per heavy atom. The molecule has 3 rings (SSSR count). The minimum absolute atomic E-state index is 0.146. The third-order valence-corrected chi connectivity index (χ3v) is 3.65. The summed E-state index contributed by atoms with van der Waals surface area (Å²) < 4.78 is 12.9. The smallest absolute Gasteiger partial charge is 0.270 e. The van der Waals surface area contributed by atoms with Crippen LogP contribution >= 0.6 is 0 Å². The number of nitrogens with one attached hydrogen (secondary N) is 2. The molecule has 0 bridgehead atoms. The van der Waals surface area contributed by atoms with Crippen molar-refractivity contribution in [3.63, 3.8) is 0 Å². The molecular weight excluding hydrogens is 333 g/mol. The molecule has 2 amide bonds. The monoisotopic (exact) mass is 349 g/mol. The molecule has 6 heteroatoms. The zero-order valence-electron chi connectivity index (χ0n) is 13.8. The summed E-state index contributed by atoms with van der Waals surface area (Å²) in [6.07, 6.45) is 1.40. The number of pyridine rings is 1. The van der Waals surface area contributed by atoms with Crippen LogP contribution in [0, 0.1) is 5.82 Å². The second-order valence-corrected chi connectivity index (χ2v) is 5.56. The van der Waals surface area contributed by atoms with Crippen LogP contribution in [-0.2, 0) is 6.54 Å². The highest BCUT2D eigenvalue weighted by atomic mass is 19.1. The molecule has 0 radical (unpaired) electrons. The summed E-state index contributed by atoms with van der Waals surface area (Å²) in [4.78, 5) is 28.5. The van der Waals surface area contributed by atoms with Crippen LogP contribution in [0.25, 0.3) is 0 Å². The van der Waals surface area contributed by atoms with Gasteiger partial charge >= 0.3 is 0 Å². The molecule has 0 unspecified atom stereocenters. The van der Waals surface area contributed by atoms with E-state index < -0.39 is 5.91 Å². The summed E-state index contributed by atoms with van der Waals surface area (Å²) in [5.41, 5.74) is 1.86. The lowest BCUT2D eigenvalue weighted by Gasteiger charge is -2.07. The lowest BCUT2D eigenvalue weighted by molar-refractivity contribution is 0.0946. The van der Waals surface area contributed by atoms with E-state index in [4.69, 9.17) is 0 Å². The van der Waals surface area contributed by atoms with Crippen LogP contribution in [0.5, 0.6) is 0 Å². The molecule has 130 valence electrons. The second-order valence-electron chi connectivity index (χ2n) is 5.56. The van der Waals surface area contributed by atoms with Crippen molar-refractivity contribution in [3.8, 4) is 0 Å². The highest BCUT2D eigenvalue weighted by Gasteiger charge is 2.12. The van der Waals surface area contributed by atoms with E-state index >= 15 is 0 Å². The lowest BCUT2D eigenvalue weighted by Crippen LogP contribution is -2.24. The van der Waals surface area contributed by atoms with Gasteiger partial charge in [-0.15, -0.1) is 0 Å². The Kier molecular flexibility index (Phi) is 5.34. The van der Waals surface area contributed by atoms with Crippen LogP contribution in [0.15, 0.2) is 72.9 Å². The van der Waals surface area contributed by atoms with E-state index in [0.29, 0.717) is 12.2 Å². The number of benzene rings is 2. The maximum Gasteiger partial charge on any atom is 0.270 e. The molecule has 0 aliphatic rings. The molecule has 2 aromatic carbocycles. The van der Waals surface area contributed by atoms with Gasteiger partial charge in [0.15, 0.2) is 0 Å². The van der Waals surface area contributed by atoms with Crippen molar-refractivity contribution in [1.82, 2.24) is 10.3 Å². The Labute approximate surface area is 149 Å². The summed E-state index contributed by atoms with van der Waals surface area (Å²) in [6.45, 7) is 0.368. The van der Waals surface area contributed by atoms with Crippen molar-refractivity contribution >= 4 is 17.5 Å². The van der Waals surface area contributed by atoms with Crippen LogP contribution in [0.2, 0.25) is 0 Å². The van der Waals surface area contributed by atoms with Gasteiger partial charge in [-0.2, -0.15) is 0 Å². The van der Waals surface area contributed by atoms with Gasteiger partial charge in [-0.05, 0) is 42.0 Å². The fourth-order valence-electron chi connectivity index (χ4n) is 2.30. The normalized spacial score (nSPS) is 10.2. The molecule has 0 saturated carbocycles. The number of halogens is 1. The van der Waals surface area contributed by atoms with E-state index in [1.807, 2.05) is 30.3 Å². The SMILES string of the molecule is O=C(Nc1ccc(F)cc1)c1ccnc(C(=O)NCc2ccccc2)c1. The van der Waals surface area contributed by atoms with Gasteiger partial charge in [-0.3, -0.25) is 14.6 Å². The van der Waals surface area contributed by atoms with Crippen molar-refractivity contribution in [2.75, 3.05) is 5.32 Å². The first-order valence-electron chi connectivity index (χ1n) is 7.97. The van der Waals surface area contributed by atoms with E-state index in [0.717, 1.165) is 5.56 Å². The molecular formula is C20H16FN3O2. The molecule has 0 aliphatic heterocycles. The van der Waals surface area contributed by atoms with Crippen LogP contribution in [0.4, 0.5) is 10.1 Å². The second kappa shape index (κ2) is 8.02. The Bertz CT molecular complexity index is 912.